The fourth-order valence-corrected chi connectivity index (χ4v) is 2.45. The summed E-state index contributed by atoms with van der Waals surface area (Å²) in [4.78, 5) is 8.09. The van der Waals surface area contributed by atoms with Crippen LogP contribution < -0.4 is 4.72 Å². The molecule has 0 aromatic carbocycles. The first kappa shape index (κ1) is 11.8. The van der Waals surface area contributed by atoms with E-state index >= 15 is 0 Å². The van der Waals surface area contributed by atoms with Gasteiger partial charge in [0, 0.05) is 6.20 Å². The molecule has 0 bridgehead atoms. The topological polar surface area (TPSA) is 102 Å². The van der Waals surface area contributed by atoms with E-state index in [0.717, 1.165) is 0 Å². The van der Waals surface area contributed by atoms with Gasteiger partial charge in [-0.25, -0.2) is 27.6 Å². The van der Waals surface area contributed by atoms with Crippen LogP contribution >= 0.6 is 0 Å². The number of aromatic nitrogens is 4. The predicted molar refractivity (Wildman–Crippen MR) is 64.7 cm³/mol. The van der Waals surface area contributed by atoms with Crippen LogP contribution in [0.15, 0.2) is 40.4 Å². The van der Waals surface area contributed by atoms with Crippen LogP contribution in [0.4, 0.5) is 0 Å². The molecule has 1 N–H and O–H groups in total. The van der Waals surface area contributed by atoms with Gasteiger partial charge in [-0.15, -0.1) is 0 Å². The summed E-state index contributed by atoms with van der Waals surface area (Å²) < 4.78 is 32.3. The maximum Gasteiger partial charge on any atom is 0.259 e. The third-order valence-electron chi connectivity index (χ3n) is 2.58. The van der Waals surface area contributed by atoms with Crippen LogP contribution in [0.5, 0.6) is 0 Å². The van der Waals surface area contributed by atoms with Gasteiger partial charge in [-0.3, -0.25) is 0 Å². The molecule has 19 heavy (non-hydrogen) atoms. The number of rotatable bonds is 3. The van der Waals surface area contributed by atoms with Crippen molar-refractivity contribution in [1.82, 2.24) is 24.3 Å². The van der Waals surface area contributed by atoms with Crippen molar-refractivity contribution in [2.75, 3.05) is 7.05 Å². The molecular weight excluding hydrogens is 270 g/mol. The summed E-state index contributed by atoms with van der Waals surface area (Å²) in [6, 6.07) is 1.66. The zero-order chi connectivity index (χ0) is 13.5. The van der Waals surface area contributed by atoms with Crippen LogP contribution in [0.1, 0.15) is 0 Å². The van der Waals surface area contributed by atoms with E-state index in [1.807, 2.05) is 0 Å². The van der Waals surface area contributed by atoms with Crippen LogP contribution in [-0.4, -0.2) is 35.0 Å². The van der Waals surface area contributed by atoms with Crippen molar-refractivity contribution < 1.29 is 12.8 Å². The van der Waals surface area contributed by atoms with E-state index in [4.69, 9.17) is 4.42 Å². The maximum absolute atomic E-state index is 11.8. The van der Waals surface area contributed by atoms with E-state index in [-0.39, 0.29) is 5.03 Å². The highest BCUT2D eigenvalue weighted by Gasteiger charge is 2.20. The van der Waals surface area contributed by atoms with Gasteiger partial charge in [0.15, 0.2) is 10.7 Å². The van der Waals surface area contributed by atoms with Crippen molar-refractivity contribution in [3.8, 4) is 11.5 Å². The molecule has 0 aliphatic rings. The average molecular weight is 279 g/mol. The summed E-state index contributed by atoms with van der Waals surface area (Å²) in [6.45, 7) is 0. The van der Waals surface area contributed by atoms with Crippen LogP contribution in [0, 0.1) is 0 Å². The lowest BCUT2D eigenvalue weighted by Gasteiger charge is -2.02. The normalized spacial score (nSPS) is 12.1. The second kappa shape index (κ2) is 4.14. The summed E-state index contributed by atoms with van der Waals surface area (Å²) in [5.74, 6) is 0.353. The lowest BCUT2D eigenvalue weighted by molar-refractivity contribution is 0.572. The van der Waals surface area contributed by atoms with Gasteiger partial charge in [0.25, 0.3) is 10.0 Å². The molecule has 0 saturated carbocycles. The Balaban J connectivity index is 2.31. The molecule has 0 aliphatic heterocycles. The zero-order valence-corrected chi connectivity index (χ0v) is 10.6. The number of hydrogen-bond donors (Lipinski definition) is 1. The molecule has 0 unspecified atom stereocenters. The SMILES string of the molecule is CNS(=O)(=O)c1cnc2c(-c3ncco3)ccnn12. The molecule has 0 spiro atoms. The number of imidazole rings is 1. The van der Waals surface area contributed by atoms with E-state index in [0.29, 0.717) is 17.1 Å². The fourth-order valence-electron chi connectivity index (χ4n) is 1.69. The third-order valence-corrected chi connectivity index (χ3v) is 3.94. The molecule has 3 heterocycles. The van der Waals surface area contributed by atoms with E-state index in [9.17, 15) is 8.42 Å². The molecule has 0 saturated heterocycles. The minimum atomic E-state index is -3.63. The van der Waals surface area contributed by atoms with Crippen molar-refractivity contribution in [3.63, 3.8) is 0 Å². The Morgan fingerprint density at radius 3 is 2.84 bits per heavy atom. The van der Waals surface area contributed by atoms with Crippen molar-refractivity contribution in [2.45, 2.75) is 5.03 Å². The first-order valence-corrected chi connectivity index (χ1v) is 6.78. The molecule has 8 nitrogen and oxygen atoms in total. The average Bonchev–Trinajstić information content (AvgIpc) is 3.07. The van der Waals surface area contributed by atoms with Gasteiger partial charge in [0.05, 0.1) is 18.0 Å². The molecule has 0 aliphatic carbocycles. The molecule has 98 valence electrons. The number of sulfonamides is 1. The van der Waals surface area contributed by atoms with E-state index in [1.165, 1.54) is 36.4 Å². The highest BCUT2D eigenvalue weighted by atomic mass is 32.2. The summed E-state index contributed by atoms with van der Waals surface area (Å²) in [5, 5.41) is 3.95. The van der Waals surface area contributed by atoms with E-state index in [1.54, 1.807) is 6.07 Å². The lowest BCUT2D eigenvalue weighted by Crippen LogP contribution is -2.20. The first-order valence-electron chi connectivity index (χ1n) is 5.29. The van der Waals surface area contributed by atoms with Gasteiger partial charge in [0.1, 0.15) is 6.26 Å². The molecule has 3 aromatic rings. The van der Waals surface area contributed by atoms with E-state index < -0.39 is 10.0 Å². The standard InChI is InChI=1S/C10H9N5O3S/c1-11-19(16,17)8-6-13-9-7(2-3-14-15(8)9)10-12-4-5-18-10/h2-6,11H,1H3. The largest absolute Gasteiger partial charge is 0.444 e. The fraction of sp³-hybridized carbons (Fsp3) is 0.100. The Labute approximate surface area is 108 Å². The van der Waals surface area contributed by atoms with Gasteiger partial charge in [0.2, 0.25) is 5.89 Å². The molecule has 3 rings (SSSR count). The Morgan fingerprint density at radius 2 is 2.16 bits per heavy atom. The van der Waals surface area contributed by atoms with Gasteiger partial charge < -0.3 is 4.42 Å². The number of hydrogen-bond acceptors (Lipinski definition) is 6. The predicted octanol–water partition coefficient (Wildman–Crippen LogP) is 0.292. The summed E-state index contributed by atoms with van der Waals surface area (Å²) in [5.41, 5.74) is 0.927. The van der Waals surface area contributed by atoms with Crippen LogP contribution in [0.25, 0.3) is 17.1 Å². The Morgan fingerprint density at radius 1 is 1.32 bits per heavy atom. The molecule has 0 radical (unpaired) electrons. The highest BCUT2D eigenvalue weighted by molar-refractivity contribution is 7.89. The molecule has 3 aromatic heterocycles. The van der Waals surface area contributed by atoms with Gasteiger partial charge in [-0.05, 0) is 13.1 Å². The second-order valence-electron chi connectivity index (χ2n) is 3.62. The summed E-state index contributed by atoms with van der Waals surface area (Å²) in [7, 11) is -2.30. The first-order chi connectivity index (χ1) is 9.13. The monoisotopic (exact) mass is 279 g/mol. The Kier molecular flexibility index (Phi) is 2.57. The minimum Gasteiger partial charge on any atom is -0.444 e. The number of fused-ring (bicyclic) bond motifs is 1. The maximum atomic E-state index is 11.8. The third kappa shape index (κ3) is 1.79. The lowest BCUT2D eigenvalue weighted by atomic mass is 10.3. The molecule has 9 heteroatoms. The number of nitrogens with zero attached hydrogens (tertiary/aromatic N) is 4. The number of nitrogens with one attached hydrogen (secondary N) is 1. The van der Waals surface area contributed by atoms with Crippen LogP contribution in [0.2, 0.25) is 0 Å². The van der Waals surface area contributed by atoms with Crippen molar-refractivity contribution in [2.24, 2.45) is 0 Å². The zero-order valence-electron chi connectivity index (χ0n) is 9.81. The Bertz CT molecular complexity index is 822. The van der Waals surface area contributed by atoms with Crippen molar-refractivity contribution >= 4 is 15.7 Å². The minimum absolute atomic E-state index is 0.0431. The quantitative estimate of drug-likeness (QED) is 0.739. The van der Waals surface area contributed by atoms with Crippen LogP contribution in [-0.2, 0) is 10.0 Å². The molecule has 0 fully saturated rings. The summed E-state index contributed by atoms with van der Waals surface area (Å²) in [6.07, 6.45) is 5.63. The van der Waals surface area contributed by atoms with Gasteiger partial charge in [-0.2, -0.15) is 5.10 Å². The number of oxazole rings is 1. The smallest absolute Gasteiger partial charge is 0.259 e. The Hall–Kier alpha value is -2.26. The molecular formula is C10H9N5O3S. The van der Waals surface area contributed by atoms with Gasteiger partial charge >= 0.3 is 0 Å². The van der Waals surface area contributed by atoms with Gasteiger partial charge in [-0.1, -0.05) is 0 Å². The highest BCUT2D eigenvalue weighted by Crippen LogP contribution is 2.22. The van der Waals surface area contributed by atoms with Crippen molar-refractivity contribution in [3.05, 3.63) is 30.9 Å². The second-order valence-corrected chi connectivity index (χ2v) is 5.45. The van der Waals surface area contributed by atoms with Crippen molar-refractivity contribution in [1.29, 1.82) is 0 Å². The molecule has 0 atom stereocenters. The van der Waals surface area contributed by atoms with E-state index in [2.05, 4.69) is 19.8 Å². The van der Waals surface area contributed by atoms with Crippen LogP contribution in [0.3, 0.4) is 0 Å². The molecule has 0 amide bonds. The summed E-state index contributed by atoms with van der Waals surface area (Å²) >= 11 is 0.